The zero-order valence-electron chi connectivity index (χ0n) is 19.3. The van der Waals surface area contributed by atoms with Gasteiger partial charge in [0.2, 0.25) is 0 Å². The van der Waals surface area contributed by atoms with Gasteiger partial charge in [0.05, 0.1) is 33.7 Å². The first-order valence-electron chi connectivity index (χ1n) is 11.6. The van der Waals surface area contributed by atoms with E-state index in [0.717, 1.165) is 63.6 Å². The van der Waals surface area contributed by atoms with Gasteiger partial charge in [-0.25, -0.2) is 14.8 Å². The molecule has 0 radical (unpaired) electrons. The van der Waals surface area contributed by atoms with Crippen LogP contribution in [0.2, 0.25) is 0 Å². The lowest BCUT2D eigenvalue weighted by Gasteiger charge is -2.16. The molecule has 1 aromatic carbocycles. The van der Waals surface area contributed by atoms with Crippen LogP contribution in [0.4, 0.5) is 0 Å². The highest BCUT2D eigenvalue weighted by molar-refractivity contribution is 14.1. The van der Waals surface area contributed by atoms with Crippen molar-refractivity contribution in [1.29, 1.82) is 0 Å². The lowest BCUT2D eigenvalue weighted by atomic mass is 10.1. The summed E-state index contributed by atoms with van der Waals surface area (Å²) in [5.41, 5.74) is 4.52. The third-order valence-electron chi connectivity index (χ3n) is 6.78. The Morgan fingerprint density at radius 2 is 1.77 bits per heavy atom. The maximum absolute atomic E-state index is 13.8. The number of benzene rings is 1. The highest BCUT2D eigenvalue weighted by Crippen LogP contribution is 2.27. The molecule has 4 aromatic heterocycles. The van der Waals surface area contributed by atoms with Crippen LogP contribution < -0.4 is 5.69 Å². The number of pyridine rings is 2. The second-order valence-corrected chi connectivity index (χ2v) is 9.96. The van der Waals surface area contributed by atoms with Crippen LogP contribution in [-0.2, 0) is 13.6 Å². The summed E-state index contributed by atoms with van der Waals surface area (Å²) in [4.78, 5) is 29.4. The number of rotatable bonds is 5. The second-order valence-electron chi connectivity index (χ2n) is 8.85. The number of hydrogen-bond donors (Lipinski definition) is 0. The molecule has 0 amide bonds. The third kappa shape index (κ3) is 3.98. The van der Waals surface area contributed by atoms with Crippen LogP contribution in [0.25, 0.3) is 28.0 Å². The molecule has 0 bridgehead atoms. The molecule has 1 aliphatic heterocycles. The van der Waals surface area contributed by atoms with Gasteiger partial charge in [-0.2, -0.15) is 0 Å². The van der Waals surface area contributed by atoms with Crippen LogP contribution in [-0.4, -0.2) is 46.6 Å². The molecular weight excluding hydrogens is 553 g/mol. The average Bonchev–Trinajstić information content (AvgIpc) is 3.56. The van der Waals surface area contributed by atoms with Gasteiger partial charge in [0, 0.05) is 38.7 Å². The molecule has 1 atom stereocenters. The van der Waals surface area contributed by atoms with Crippen LogP contribution in [0, 0.1) is 3.70 Å². The molecular formula is C26H24IN7O. The molecule has 6 rings (SSSR count). The first-order valence-corrected chi connectivity index (χ1v) is 12.7. The Kier molecular flexibility index (Phi) is 5.73. The highest BCUT2D eigenvalue weighted by atomic mass is 127. The summed E-state index contributed by atoms with van der Waals surface area (Å²) in [6.45, 7) is 2.48. The summed E-state index contributed by atoms with van der Waals surface area (Å²) in [5.74, 6) is 1.04. The van der Waals surface area contributed by atoms with Gasteiger partial charge in [-0.3, -0.25) is 19.0 Å². The van der Waals surface area contributed by atoms with E-state index in [4.69, 9.17) is 0 Å². The van der Waals surface area contributed by atoms with Crippen molar-refractivity contribution in [2.75, 3.05) is 13.1 Å². The normalized spacial score (nSPS) is 16.3. The van der Waals surface area contributed by atoms with E-state index >= 15 is 0 Å². The van der Waals surface area contributed by atoms with Crippen LogP contribution >= 0.6 is 22.6 Å². The molecule has 0 aliphatic carbocycles. The molecule has 0 saturated carbocycles. The minimum atomic E-state index is -0.0475. The Balaban J connectivity index is 1.34. The minimum Gasteiger partial charge on any atom is -0.326 e. The lowest BCUT2D eigenvalue weighted by molar-refractivity contribution is 0.304. The van der Waals surface area contributed by atoms with E-state index in [1.165, 1.54) is 0 Å². The average molecular weight is 577 g/mol. The molecule has 5 aromatic rings. The Morgan fingerprint density at radius 3 is 2.51 bits per heavy atom. The van der Waals surface area contributed by atoms with Gasteiger partial charge < -0.3 is 4.57 Å². The third-order valence-corrected chi connectivity index (χ3v) is 7.78. The highest BCUT2D eigenvalue weighted by Gasteiger charge is 2.29. The summed E-state index contributed by atoms with van der Waals surface area (Å²) in [7, 11) is 2.04. The SMILES string of the molecule is Cn1c(I)cnc1CN1CC[C@H](n2c(=O)n(-c3ccc(-c4ccncc4)cc3)c3cccnc32)C1. The predicted octanol–water partition coefficient (Wildman–Crippen LogP) is 4.03. The van der Waals surface area contributed by atoms with E-state index in [2.05, 4.69) is 47.0 Å². The summed E-state index contributed by atoms with van der Waals surface area (Å²) >= 11 is 2.30. The van der Waals surface area contributed by atoms with E-state index in [0.29, 0.717) is 0 Å². The molecule has 176 valence electrons. The van der Waals surface area contributed by atoms with Crippen molar-refractivity contribution < 1.29 is 0 Å². The largest absolute Gasteiger partial charge is 0.335 e. The first kappa shape index (κ1) is 22.2. The van der Waals surface area contributed by atoms with Gasteiger partial charge in [0.1, 0.15) is 5.82 Å². The summed E-state index contributed by atoms with van der Waals surface area (Å²) in [6.07, 6.45) is 8.13. The van der Waals surface area contributed by atoms with Gasteiger partial charge >= 0.3 is 5.69 Å². The zero-order chi connectivity index (χ0) is 23.9. The smallest absolute Gasteiger partial charge is 0.326 e. The molecule has 0 spiro atoms. The number of aromatic nitrogens is 6. The van der Waals surface area contributed by atoms with E-state index in [1.807, 2.05) is 66.3 Å². The van der Waals surface area contributed by atoms with Gasteiger partial charge in [0.25, 0.3) is 0 Å². The van der Waals surface area contributed by atoms with Crippen molar-refractivity contribution in [3.8, 4) is 16.8 Å². The summed E-state index contributed by atoms with van der Waals surface area (Å²) in [6, 6.07) is 16.0. The number of hydrogen-bond acceptors (Lipinski definition) is 5. The van der Waals surface area contributed by atoms with Crippen LogP contribution in [0.1, 0.15) is 18.3 Å². The first-order chi connectivity index (χ1) is 17.1. The van der Waals surface area contributed by atoms with Crippen LogP contribution in [0.3, 0.4) is 0 Å². The monoisotopic (exact) mass is 577 g/mol. The number of imidazole rings is 2. The quantitative estimate of drug-likeness (QED) is 0.295. The summed E-state index contributed by atoms with van der Waals surface area (Å²) < 4.78 is 6.89. The number of likely N-dealkylation sites (tertiary alicyclic amines) is 1. The Morgan fingerprint density at radius 1 is 1.00 bits per heavy atom. The van der Waals surface area contributed by atoms with Crippen molar-refractivity contribution in [2.45, 2.75) is 19.0 Å². The molecule has 9 heteroatoms. The maximum Gasteiger partial charge on any atom is 0.335 e. The van der Waals surface area contributed by atoms with Crippen LogP contribution in [0.15, 0.2) is 78.1 Å². The molecule has 0 unspecified atom stereocenters. The maximum atomic E-state index is 13.8. The standard InChI is InChI=1S/C26H24IN7O/c1-31-23(27)15-30-24(31)17-32-14-10-21(16-32)34-25-22(3-2-11-29-25)33(26(34)35)20-6-4-18(5-7-20)19-8-12-28-13-9-19/h2-9,11-13,15,21H,10,14,16-17H2,1H3/t21-/m0/s1. The fraction of sp³-hybridized carbons (Fsp3) is 0.231. The molecule has 1 saturated heterocycles. The van der Waals surface area contributed by atoms with Gasteiger partial charge in [0.15, 0.2) is 5.65 Å². The number of halogens is 1. The van der Waals surface area contributed by atoms with Crippen molar-refractivity contribution in [3.63, 3.8) is 0 Å². The molecule has 1 aliphatic rings. The van der Waals surface area contributed by atoms with Crippen molar-refractivity contribution in [2.24, 2.45) is 7.05 Å². The predicted molar refractivity (Wildman–Crippen MR) is 143 cm³/mol. The minimum absolute atomic E-state index is 0.0475. The zero-order valence-corrected chi connectivity index (χ0v) is 21.4. The fourth-order valence-corrected chi connectivity index (χ4v) is 5.33. The Labute approximate surface area is 216 Å². The molecule has 5 heterocycles. The van der Waals surface area contributed by atoms with E-state index < -0.39 is 0 Å². The van der Waals surface area contributed by atoms with Crippen molar-refractivity contribution in [3.05, 3.63) is 93.3 Å². The van der Waals surface area contributed by atoms with E-state index in [-0.39, 0.29) is 11.7 Å². The lowest BCUT2D eigenvalue weighted by Crippen LogP contribution is -2.29. The number of nitrogens with zero attached hydrogens (tertiary/aromatic N) is 7. The Bertz CT molecular complexity index is 1550. The van der Waals surface area contributed by atoms with Crippen molar-refractivity contribution in [1.82, 2.24) is 33.6 Å². The van der Waals surface area contributed by atoms with Gasteiger partial charge in [-0.1, -0.05) is 12.1 Å². The Hall–Kier alpha value is -3.31. The molecule has 0 N–H and O–H groups in total. The summed E-state index contributed by atoms with van der Waals surface area (Å²) in [5, 5.41) is 0. The second kappa shape index (κ2) is 9.04. The van der Waals surface area contributed by atoms with Crippen LogP contribution in [0.5, 0.6) is 0 Å². The molecule has 8 nitrogen and oxygen atoms in total. The van der Waals surface area contributed by atoms with E-state index in [1.54, 1.807) is 23.2 Å². The molecule has 35 heavy (non-hydrogen) atoms. The molecule has 1 fully saturated rings. The van der Waals surface area contributed by atoms with Gasteiger partial charge in [-0.05, 0) is 76.5 Å². The van der Waals surface area contributed by atoms with E-state index in [9.17, 15) is 4.79 Å². The fourth-order valence-electron chi connectivity index (χ4n) is 4.91. The van der Waals surface area contributed by atoms with Gasteiger partial charge in [-0.15, -0.1) is 0 Å². The van der Waals surface area contributed by atoms with Crippen molar-refractivity contribution >= 4 is 33.8 Å². The topological polar surface area (TPSA) is 73.8 Å². The number of fused-ring (bicyclic) bond motifs is 1.